The fraction of sp³-hybridized carbons (Fsp3) is 0.143. The average Bonchev–Trinajstić information content (AvgIpc) is 2.55. The summed E-state index contributed by atoms with van der Waals surface area (Å²) in [6, 6.07) is 3.94. The first-order chi connectivity index (χ1) is 12.7. The van der Waals surface area contributed by atoms with Gasteiger partial charge in [0.05, 0.1) is 23.0 Å². The highest BCUT2D eigenvalue weighted by Gasteiger charge is 2.46. The van der Waals surface area contributed by atoms with Gasteiger partial charge in [-0.15, -0.1) is 0 Å². The van der Waals surface area contributed by atoms with Gasteiger partial charge >= 0.3 is 21.7 Å². The predicted molar refractivity (Wildman–Crippen MR) is 87.2 cm³/mol. The van der Waals surface area contributed by atoms with E-state index in [1.165, 1.54) is 4.72 Å². The van der Waals surface area contributed by atoms with E-state index in [0.29, 0.717) is 18.3 Å². The van der Waals surface area contributed by atoms with Crippen LogP contribution in [0.4, 0.5) is 37.7 Å². The molecule has 1 heterocycles. The highest BCUT2D eigenvalue weighted by Crippen LogP contribution is 2.31. The summed E-state index contributed by atoms with van der Waals surface area (Å²) in [5.41, 5.74) is -8.24. The summed E-state index contributed by atoms with van der Waals surface area (Å²) in [5, 5.41) is 1.78. The van der Waals surface area contributed by atoms with Gasteiger partial charge in [0.2, 0.25) is 0 Å². The minimum Gasteiger partial charge on any atom is -0.322 e. The minimum absolute atomic E-state index is 0.129. The lowest BCUT2D eigenvalue weighted by Gasteiger charge is -2.14. The zero-order valence-electron chi connectivity index (χ0n) is 13.2. The summed E-state index contributed by atoms with van der Waals surface area (Å²) in [6.45, 7) is 0. The van der Waals surface area contributed by atoms with Gasteiger partial charge in [0, 0.05) is 5.69 Å². The van der Waals surface area contributed by atoms with E-state index in [4.69, 9.17) is 11.6 Å². The third kappa shape index (κ3) is 5.04. The molecule has 2 N–H and O–H groups in total. The molecule has 6 nitrogen and oxygen atoms in total. The fourth-order valence-corrected chi connectivity index (χ4v) is 2.57. The molecule has 2 aromatic rings. The molecular formula is C14H8ClF6N3O3S. The maximum absolute atomic E-state index is 12.5. The number of hydrogen-bond donors (Lipinski definition) is 2. The van der Waals surface area contributed by atoms with Crippen LogP contribution in [0, 0.1) is 0 Å². The number of hydrogen-bond acceptors (Lipinski definition) is 4. The van der Waals surface area contributed by atoms with E-state index < -0.39 is 44.4 Å². The molecule has 0 bridgehead atoms. The molecule has 2 rings (SSSR count). The number of halogens is 7. The van der Waals surface area contributed by atoms with Crippen molar-refractivity contribution in [3.8, 4) is 0 Å². The van der Waals surface area contributed by atoms with Gasteiger partial charge in [0.25, 0.3) is 5.91 Å². The van der Waals surface area contributed by atoms with Gasteiger partial charge in [0.15, 0.2) is 0 Å². The quantitative estimate of drug-likeness (QED) is 0.541. The molecule has 0 fully saturated rings. The van der Waals surface area contributed by atoms with E-state index in [1.807, 2.05) is 0 Å². The second-order valence-electron chi connectivity index (χ2n) is 5.13. The van der Waals surface area contributed by atoms with E-state index in [0.717, 1.165) is 18.2 Å². The van der Waals surface area contributed by atoms with Gasteiger partial charge < -0.3 is 5.32 Å². The lowest BCUT2D eigenvalue weighted by Crippen LogP contribution is -2.31. The SMILES string of the molecule is O=C(Nc1ccc(C(F)(F)F)cc1)c1cc(Cl)ncc1NS(=O)(=O)C(F)(F)F. The van der Waals surface area contributed by atoms with Crippen LogP contribution in [0.2, 0.25) is 5.15 Å². The topological polar surface area (TPSA) is 88.2 Å². The molecule has 0 atom stereocenters. The molecule has 0 radical (unpaired) electrons. The molecule has 0 aliphatic carbocycles. The lowest BCUT2D eigenvalue weighted by molar-refractivity contribution is -0.137. The molecule has 0 aliphatic heterocycles. The molecule has 1 aromatic carbocycles. The first kappa shape index (κ1) is 21.8. The lowest BCUT2D eigenvalue weighted by atomic mass is 10.2. The van der Waals surface area contributed by atoms with Crippen LogP contribution in [0.15, 0.2) is 36.5 Å². The monoisotopic (exact) mass is 447 g/mol. The maximum atomic E-state index is 12.5. The van der Waals surface area contributed by atoms with Crippen molar-refractivity contribution in [2.45, 2.75) is 11.7 Å². The van der Waals surface area contributed by atoms with E-state index in [2.05, 4.69) is 10.3 Å². The number of carbonyl (C=O) groups is 1. The van der Waals surface area contributed by atoms with Gasteiger partial charge in [-0.3, -0.25) is 9.52 Å². The summed E-state index contributed by atoms with van der Waals surface area (Å²) in [4.78, 5) is 15.7. The van der Waals surface area contributed by atoms with E-state index in [1.54, 1.807) is 0 Å². The molecule has 152 valence electrons. The molecule has 0 spiro atoms. The van der Waals surface area contributed by atoms with Crippen LogP contribution in [0.3, 0.4) is 0 Å². The normalized spacial score (nSPS) is 12.5. The number of pyridine rings is 1. The first-order valence-electron chi connectivity index (χ1n) is 6.94. The maximum Gasteiger partial charge on any atom is 0.516 e. The summed E-state index contributed by atoms with van der Waals surface area (Å²) in [7, 11) is -5.85. The van der Waals surface area contributed by atoms with Crippen LogP contribution in [0.25, 0.3) is 0 Å². The van der Waals surface area contributed by atoms with Gasteiger partial charge in [-0.25, -0.2) is 4.98 Å². The van der Waals surface area contributed by atoms with Crippen molar-refractivity contribution in [3.05, 3.63) is 52.8 Å². The first-order valence-corrected chi connectivity index (χ1v) is 8.80. The standard InChI is InChI=1S/C14H8ClF6N3O3S/c15-11-5-9(10(6-22-11)24-28(26,27)14(19,20)21)12(25)23-8-3-1-7(2-4-8)13(16,17)18/h1-6,24H,(H,23,25). The van der Waals surface area contributed by atoms with E-state index >= 15 is 0 Å². The Kier molecular flexibility index (Phi) is 5.80. The third-order valence-electron chi connectivity index (χ3n) is 3.13. The van der Waals surface area contributed by atoms with Gasteiger partial charge in [0.1, 0.15) is 5.15 Å². The molecule has 0 aliphatic rings. The van der Waals surface area contributed by atoms with Crippen molar-refractivity contribution in [1.29, 1.82) is 0 Å². The Hall–Kier alpha value is -2.54. The fourth-order valence-electron chi connectivity index (χ4n) is 1.84. The van der Waals surface area contributed by atoms with Crippen molar-refractivity contribution in [2.75, 3.05) is 10.0 Å². The number of aromatic nitrogens is 1. The molecule has 1 aromatic heterocycles. The highest BCUT2D eigenvalue weighted by atomic mass is 35.5. The number of alkyl halides is 6. The van der Waals surface area contributed by atoms with Crippen LogP contribution in [-0.2, 0) is 16.2 Å². The molecule has 0 saturated heterocycles. The molecule has 28 heavy (non-hydrogen) atoms. The molecular weight excluding hydrogens is 440 g/mol. The smallest absolute Gasteiger partial charge is 0.322 e. The number of sulfonamides is 1. The predicted octanol–water partition coefficient (Wildman–Crippen LogP) is 4.27. The number of nitrogens with one attached hydrogen (secondary N) is 2. The van der Waals surface area contributed by atoms with Gasteiger partial charge in [-0.1, -0.05) is 11.6 Å². The Balaban J connectivity index is 2.32. The Labute approximate surface area is 158 Å². The number of anilines is 2. The number of benzene rings is 1. The van der Waals surface area contributed by atoms with Crippen LogP contribution in [-0.4, -0.2) is 24.8 Å². The number of rotatable bonds is 4. The van der Waals surface area contributed by atoms with E-state index in [9.17, 15) is 39.6 Å². The molecule has 0 saturated carbocycles. The summed E-state index contributed by atoms with van der Waals surface area (Å²) >= 11 is 5.58. The number of nitrogens with zero attached hydrogens (tertiary/aromatic N) is 1. The minimum atomic E-state index is -5.85. The zero-order valence-corrected chi connectivity index (χ0v) is 14.8. The largest absolute Gasteiger partial charge is 0.516 e. The summed E-state index contributed by atoms with van der Waals surface area (Å²) < 4.78 is 98.8. The van der Waals surface area contributed by atoms with Crippen molar-refractivity contribution >= 4 is 38.9 Å². The van der Waals surface area contributed by atoms with Crippen molar-refractivity contribution < 1.29 is 39.6 Å². The second-order valence-corrected chi connectivity index (χ2v) is 7.19. The second kappa shape index (κ2) is 7.47. The highest BCUT2D eigenvalue weighted by molar-refractivity contribution is 7.93. The van der Waals surface area contributed by atoms with Crippen LogP contribution >= 0.6 is 11.6 Å². The van der Waals surface area contributed by atoms with Crippen molar-refractivity contribution in [1.82, 2.24) is 4.98 Å². The van der Waals surface area contributed by atoms with Gasteiger partial charge in [-0.05, 0) is 30.3 Å². The third-order valence-corrected chi connectivity index (χ3v) is 4.44. The number of amides is 1. The number of carbonyl (C=O) groups excluding carboxylic acids is 1. The molecule has 1 amide bonds. The summed E-state index contributed by atoms with van der Waals surface area (Å²) in [5.74, 6) is -1.14. The Morgan fingerprint density at radius 2 is 1.61 bits per heavy atom. The van der Waals surface area contributed by atoms with E-state index in [-0.39, 0.29) is 10.8 Å². The molecule has 14 heteroatoms. The Morgan fingerprint density at radius 1 is 1.04 bits per heavy atom. The average molecular weight is 448 g/mol. The van der Waals surface area contributed by atoms with Crippen LogP contribution in [0.5, 0.6) is 0 Å². The van der Waals surface area contributed by atoms with Crippen molar-refractivity contribution in [2.24, 2.45) is 0 Å². The summed E-state index contributed by atoms with van der Waals surface area (Å²) in [6.07, 6.45) is -4.02. The Bertz CT molecular complexity index is 991. The Morgan fingerprint density at radius 3 is 2.11 bits per heavy atom. The van der Waals surface area contributed by atoms with Crippen LogP contribution in [0.1, 0.15) is 15.9 Å². The van der Waals surface area contributed by atoms with Crippen LogP contribution < -0.4 is 10.0 Å². The zero-order chi connectivity index (χ0) is 21.3. The van der Waals surface area contributed by atoms with Crippen molar-refractivity contribution in [3.63, 3.8) is 0 Å². The van der Waals surface area contributed by atoms with Gasteiger partial charge in [-0.2, -0.15) is 34.8 Å². The molecule has 0 unspecified atom stereocenters.